The van der Waals surface area contributed by atoms with E-state index in [9.17, 15) is 9.18 Å². The first-order chi connectivity index (χ1) is 14.5. The van der Waals surface area contributed by atoms with Crippen molar-refractivity contribution in [3.05, 3.63) is 65.8 Å². The SMILES string of the molecule is COc1ccc(CCNC(=O)CSc2nnc(C(C)Oc3ccc(F)cc3)o2)cc1. The number of hydrogen-bond acceptors (Lipinski definition) is 7. The summed E-state index contributed by atoms with van der Waals surface area (Å²) in [5.41, 5.74) is 1.11. The van der Waals surface area contributed by atoms with Gasteiger partial charge in [-0.05, 0) is 55.3 Å². The highest BCUT2D eigenvalue weighted by Gasteiger charge is 2.17. The van der Waals surface area contributed by atoms with Gasteiger partial charge in [-0.15, -0.1) is 10.2 Å². The topological polar surface area (TPSA) is 86.5 Å². The summed E-state index contributed by atoms with van der Waals surface area (Å²) in [6.45, 7) is 2.28. The minimum Gasteiger partial charge on any atom is -0.497 e. The van der Waals surface area contributed by atoms with Gasteiger partial charge in [-0.1, -0.05) is 23.9 Å². The molecule has 0 saturated heterocycles. The van der Waals surface area contributed by atoms with Gasteiger partial charge in [0.15, 0.2) is 6.10 Å². The summed E-state index contributed by atoms with van der Waals surface area (Å²) in [5.74, 6) is 1.28. The van der Waals surface area contributed by atoms with Gasteiger partial charge < -0.3 is 19.2 Å². The molecule has 0 fully saturated rings. The second kappa shape index (κ2) is 10.6. The number of nitrogens with one attached hydrogen (secondary N) is 1. The van der Waals surface area contributed by atoms with Crippen LogP contribution in [-0.2, 0) is 11.2 Å². The van der Waals surface area contributed by atoms with Crippen LogP contribution in [0, 0.1) is 5.82 Å². The van der Waals surface area contributed by atoms with E-state index >= 15 is 0 Å². The number of halogens is 1. The molecule has 7 nitrogen and oxygen atoms in total. The smallest absolute Gasteiger partial charge is 0.277 e. The van der Waals surface area contributed by atoms with Crippen molar-refractivity contribution in [2.45, 2.75) is 24.7 Å². The fourth-order valence-electron chi connectivity index (χ4n) is 2.53. The van der Waals surface area contributed by atoms with Crippen LogP contribution in [0.3, 0.4) is 0 Å². The molecule has 1 unspecified atom stereocenters. The third-order valence-electron chi connectivity index (χ3n) is 4.12. The molecule has 2 aromatic carbocycles. The number of benzene rings is 2. The molecule has 1 heterocycles. The van der Waals surface area contributed by atoms with Crippen LogP contribution in [0.4, 0.5) is 4.39 Å². The molecule has 0 aliphatic rings. The monoisotopic (exact) mass is 431 g/mol. The van der Waals surface area contributed by atoms with E-state index < -0.39 is 6.10 Å². The Morgan fingerprint density at radius 1 is 1.13 bits per heavy atom. The molecule has 1 atom stereocenters. The van der Waals surface area contributed by atoms with Crippen LogP contribution in [0.5, 0.6) is 11.5 Å². The summed E-state index contributed by atoms with van der Waals surface area (Å²) >= 11 is 1.15. The highest BCUT2D eigenvalue weighted by atomic mass is 32.2. The van der Waals surface area contributed by atoms with Crippen LogP contribution in [0.15, 0.2) is 58.2 Å². The normalized spacial score (nSPS) is 11.7. The molecular formula is C21H22FN3O4S. The van der Waals surface area contributed by atoms with Gasteiger partial charge in [0.05, 0.1) is 12.9 Å². The average molecular weight is 431 g/mol. The molecule has 158 valence electrons. The van der Waals surface area contributed by atoms with Crippen LogP contribution < -0.4 is 14.8 Å². The van der Waals surface area contributed by atoms with Gasteiger partial charge in [-0.2, -0.15) is 0 Å². The molecule has 0 spiro atoms. The van der Waals surface area contributed by atoms with E-state index in [1.54, 1.807) is 14.0 Å². The van der Waals surface area contributed by atoms with E-state index in [0.29, 0.717) is 12.3 Å². The van der Waals surface area contributed by atoms with Gasteiger partial charge >= 0.3 is 0 Å². The number of nitrogens with zero attached hydrogens (tertiary/aromatic N) is 2. The summed E-state index contributed by atoms with van der Waals surface area (Å²) < 4.78 is 29.3. The average Bonchev–Trinajstić information content (AvgIpc) is 3.24. The lowest BCUT2D eigenvalue weighted by Gasteiger charge is -2.10. The number of methoxy groups -OCH3 is 1. The van der Waals surface area contributed by atoms with Crippen molar-refractivity contribution >= 4 is 17.7 Å². The highest BCUT2D eigenvalue weighted by Crippen LogP contribution is 2.24. The van der Waals surface area contributed by atoms with E-state index in [1.165, 1.54) is 24.3 Å². The number of thioether (sulfide) groups is 1. The van der Waals surface area contributed by atoms with Gasteiger partial charge in [-0.25, -0.2) is 4.39 Å². The molecule has 0 aliphatic heterocycles. The van der Waals surface area contributed by atoms with Gasteiger partial charge in [0.1, 0.15) is 17.3 Å². The molecule has 1 amide bonds. The Hall–Kier alpha value is -3.07. The largest absolute Gasteiger partial charge is 0.497 e. The van der Waals surface area contributed by atoms with Crippen LogP contribution in [-0.4, -0.2) is 35.5 Å². The zero-order chi connectivity index (χ0) is 21.3. The predicted octanol–water partition coefficient (Wildman–Crippen LogP) is 3.81. The molecule has 0 aliphatic carbocycles. The lowest BCUT2D eigenvalue weighted by atomic mass is 10.1. The highest BCUT2D eigenvalue weighted by molar-refractivity contribution is 7.99. The Labute approximate surface area is 178 Å². The fourth-order valence-corrected chi connectivity index (χ4v) is 3.13. The standard InChI is InChI=1S/C21H22FN3O4S/c1-14(28-18-9-5-16(22)6-10-18)20-24-25-21(29-20)30-13-19(26)23-12-11-15-3-7-17(27-2)8-4-15/h3-10,14H,11-13H2,1-2H3,(H,23,26). The van der Waals surface area contributed by atoms with E-state index in [-0.39, 0.29) is 28.6 Å². The Kier molecular flexibility index (Phi) is 7.67. The maximum atomic E-state index is 13.0. The Morgan fingerprint density at radius 3 is 2.53 bits per heavy atom. The van der Waals surface area contributed by atoms with Crippen molar-refractivity contribution in [2.24, 2.45) is 0 Å². The van der Waals surface area contributed by atoms with Crippen LogP contribution in [0.2, 0.25) is 0 Å². The van der Waals surface area contributed by atoms with Crippen molar-refractivity contribution in [3.8, 4) is 11.5 Å². The number of carbonyl (C=O) groups is 1. The quantitative estimate of drug-likeness (QED) is 0.489. The second-order valence-electron chi connectivity index (χ2n) is 6.36. The number of aromatic nitrogens is 2. The summed E-state index contributed by atoms with van der Waals surface area (Å²) in [7, 11) is 1.62. The first-order valence-corrected chi connectivity index (χ1v) is 10.3. The van der Waals surface area contributed by atoms with Crippen molar-refractivity contribution < 1.29 is 23.1 Å². The summed E-state index contributed by atoms with van der Waals surface area (Å²) in [6.07, 6.45) is 0.221. The van der Waals surface area contributed by atoms with E-state index in [2.05, 4.69) is 15.5 Å². The lowest BCUT2D eigenvalue weighted by Crippen LogP contribution is -2.27. The van der Waals surface area contributed by atoms with Gasteiger partial charge in [0.25, 0.3) is 11.1 Å². The molecule has 3 aromatic rings. The third-order valence-corrected chi connectivity index (χ3v) is 4.94. The van der Waals surface area contributed by atoms with Crippen molar-refractivity contribution in [1.82, 2.24) is 15.5 Å². The number of hydrogen-bond donors (Lipinski definition) is 1. The molecule has 0 saturated carbocycles. The van der Waals surface area contributed by atoms with Gasteiger partial charge in [0.2, 0.25) is 5.91 Å². The zero-order valence-electron chi connectivity index (χ0n) is 16.6. The van der Waals surface area contributed by atoms with Crippen molar-refractivity contribution in [2.75, 3.05) is 19.4 Å². The molecule has 3 rings (SSSR count). The molecule has 30 heavy (non-hydrogen) atoms. The summed E-state index contributed by atoms with van der Waals surface area (Å²) in [4.78, 5) is 12.0. The van der Waals surface area contributed by atoms with E-state index in [4.69, 9.17) is 13.9 Å². The Balaban J connectivity index is 1.39. The number of ether oxygens (including phenoxy) is 2. The molecule has 1 N–H and O–H groups in total. The van der Waals surface area contributed by atoms with Gasteiger partial charge in [0, 0.05) is 6.54 Å². The lowest BCUT2D eigenvalue weighted by molar-refractivity contribution is -0.118. The van der Waals surface area contributed by atoms with Crippen LogP contribution in [0.1, 0.15) is 24.5 Å². The molecule has 0 radical (unpaired) electrons. The van der Waals surface area contributed by atoms with Gasteiger partial charge in [-0.3, -0.25) is 4.79 Å². The van der Waals surface area contributed by atoms with Crippen LogP contribution in [0.25, 0.3) is 0 Å². The number of carbonyl (C=O) groups excluding carboxylic acids is 1. The summed E-state index contributed by atoms with van der Waals surface area (Å²) in [5, 5.41) is 11.0. The Morgan fingerprint density at radius 2 is 1.83 bits per heavy atom. The molecule has 9 heteroatoms. The van der Waals surface area contributed by atoms with Crippen molar-refractivity contribution in [1.29, 1.82) is 0 Å². The first kappa shape index (κ1) is 21.6. The van der Waals surface area contributed by atoms with Crippen LogP contribution >= 0.6 is 11.8 Å². The molecule has 0 bridgehead atoms. The number of rotatable bonds is 10. The zero-order valence-corrected chi connectivity index (χ0v) is 17.4. The minimum atomic E-state index is -0.504. The van der Waals surface area contributed by atoms with E-state index in [1.807, 2.05) is 24.3 Å². The summed E-state index contributed by atoms with van der Waals surface area (Å²) in [6, 6.07) is 13.4. The van der Waals surface area contributed by atoms with Crippen molar-refractivity contribution in [3.63, 3.8) is 0 Å². The second-order valence-corrected chi connectivity index (χ2v) is 7.28. The molecular weight excluding hydrogens is 409 g/mol. The molecule has 1 aromatic heterocycles. The number of amides is 1. The first-order valence-electron chi connectivity index (χ1n) is 9.31. The Bertz CT molecular complexity index is 948. The fraction of sp³-hybridized carbons (Fsp3) is 0.286. The maximum absolute atomic E-state index is 13.0. The minimum absolute atomic E-state index is 0.121. The maximum Gasteiger partial charge on any atom is 0.277 e. The third kappa shape index (κ3) is 6.48. The van der Waals surface area contributed by atoms with E-state index in [0.717, 1.165) is 29.5 Å². The predicted molar refractivity (Wildman–Crippen MR) is 110 cm³/mol.